The van der Waals surface area contributed by atoms with Gasteiger partial charge in [-0.1, -0.05) is 32.6 Å². The van der Waals surface area contributed by atoms with Crippen LogP contribution in [0.15, 0.2) is 18.5 Å². The smallest absolute Gasteiger partial charge is 0.144 e. The molecule has 0 bridgehead atoms. The van der Waals surface area contributed by atoms with E-state index in [0.717, 1.165) is 12.2 Å². The van der Waals surface area contributed by atoms with Crippen molar-refractivity contribution in [3.05, 3.63) is 24.3 Å². The van der Waals surface area contributed by atoms with Gasteiger partial charge in [0.05, 0.1) is 6.04 Å². The van der Waals surface area contributed by atoms with Crippen LogP contribution in [0.3, 0.4) is 0 Å². The molecule has 1 atom stereocenters. The van der Waals surface area contributed by atoms with Crippen LogP contribution in [0.1, 0.15) is 50.9 Å². The van der Waals surface area contributed by atoms with Gasteiger partial charge in [-0.3, -0.25) is 0 Å². The first-order chi connectivity index (χ1) is 6.84. The van der Waals surface area contributed by atoms with Gasteiger partial charge in [-0.15, -0.1) is 0 Å². The molecule has 2 N–H and O–H groups in total. The van der Waals surface area contributed by atoms with E-state index >= 15 is 0 Å². The maximum Gasteiger partial charge on any atom is 0.144 e. The van der Waals surface area contributed by atoms with Crippen LogP contribution in [0, 0.1) is 0 Å². The highest BCUT2D eigenvalue weighted by molar-refractivity contribution is 4.94. The molecule has 3 nitrogen and oxygen atoms in total. The molecule has 0 saturated heterocycles. The summed E-state index contributed by atoms with van der Waals surface area (Å²) in [5, 5.41) is 0. The average Bonchev–Trinajstić information content (AvgIpc) is 2.25. The fraction of sp³-hybridized carbons (Fsp3) is 0.636. The predicted octanol–water partition coefficient (Wildman–Crippen LogP) is 2.45. The first-order valence-corrected chi connectivity index (χ1v) is 5.37. The highest BCUT2D eigenvalue weighted by Crippen LogP contribution is 2.13. The van der Waals surface area contributed by atoms with Crippen LogP contribution in [0.2, 0.25) is 0 Å². The second kappa shape index (κ2) is 6.49. The van der Waals surface area contributed by atoms with Crippen molar-refractivity contribution in [2.24, 2.45) is 5.73 Å². The highest BCUT2D eigenvalue weighted by atomic mass is 14.9. The maximum absolute atomic E-state index is 5.95. The molecule has 3 heteroatoms. The second-order valence-electron chi connectivity index (χ2n) is 3.56. The van der Waals surface area contributed by atoms with Gasteiger partial charge >= 0.3 is 0 Å². The Bertz CT molecular complexity index is 236. The summed E-state index contributed by atoms with van der Waals surface area (Å²) in [4.78, 5) is 8.28. The van der Waals surface area contributed by atoms with Crippen molar-refractivity contribution in [2.75, 3.05) is 0 Å². The number of rotatable bonds is 6. The number of aromatic nitrogens is 2. The molecule has 1 aromatic heterocycles. The van der Waals surface area contributed by atoms with E-state index in [2.05, 4.69) is 16.9 Å². The standard InChI is InChI=1S/C11H19N3/c1-2-3-4-5-7-10(12)11-13-8-6-9-14-11/h6,8-10H,2-5,7,12H2,1H3. The fourth-order valence-electron chi connectivity index (χ4n) is 1.42. The van der Waals surface area contributed by atoms with Gasteiger partial charge in [-0.25, -0.2) is 9.97 Å². The summed E-state index contributed by atoms with van der Waals surface area (Å²) in [6.45, 7) is 2.21. The molecule has 0 aliphatic heterocycles. The van der Waals surface area contributed by atoms with E-state index in [-0.39, 0.29) is 6.04 Å². The van der Waals surface area contributed by atoms with Gasteiger partial charge in [0.1, 0.15) is 5.82 Å². The molecular formula is C11H19N3. The summed E-state index contributed by atoms with van der Waals surface area (Å²) >= 11 is 0. The molecule has 0 aromatic carbocycles. The zero-order chi connectivity index (χ0) is 10.2. The molecule has 78 valence electrons. The summed E-state index contributed by atoms with van der Waals surface area (Å²) in [5.41, 5.74) is 5.95. The predicted molar refractivity (Wildman–Crippen MR) is 57.7 cm³/mol. The van der Waals surface area contributed by atoms with Crippen molar-refractivity contribution >= 4 is 0 Å². The van der Waals surface area contributed by atoms with Crippen LogP contribution in [0.4, 0.5) is 0 Å². The number of unbranched alkanes of at least 4 members (excludes halogenated alkanes) is 3. The van der Waals surface area contributed by atoms with Gasteiger partial charge in [0.25, 0.3) is 0 Å². The van der Waals surface area contributed by atoms with E-state index in [1.807, 2.05) is 6.07 Å². The summed E-state index contributed by atoms with van der Waals surface area (Å²) in [6.07, 6.45) is 9.47. The van der Waals surface area contributed by atoms with Crippen LogP contribution in [0.5, 0.6) is 0 Å². The van der Waals surface area contributed by atoms with Crippen LogP contribution in [-0.2, 0) is 0 Å². The Kier molecular flexibility index (Phi) is 5.15. The van der Waals surface area contributed by atoms with Gasteiger partial charge in [0, 0.05) is 12.4 Å². The SMILES string of the molecule is CCCCCCC(N)c1ncccn1. The quantitative estimate of drug-likeness (QED) is 0.706. The Morgan fingerprint density at radius 2 is 1.93 bits per heavy atom. The van der Waals surface area contributed by atoms with Crippen LogP contribution >= 0.6 is 0 Å². The summed E-state index contributed by atoms with van der Waals surface area (Å²) in [6, 6.07) is 1.82. The van der Waals surface area contributed by atoms with E-state index in [4.69, 9.17) is 5.73 Å². The molecule has 0 radical (unpaired) electrons. The Labute approximate surface area is 85.8 Å². The van der Waals surface area contributed by atoms with Gasteiger partial charge in [0.15, 0.2) is 0 Å². The molecule has 1 unspecified atom stereocenters. The molecule has 1 rings (SSSR count). The molecule has 0 spiro atoms. The zero-order valence-corrected chi connectivity index (χ0v) is 8.82. The number of hydrogen-bond acceptors (Lipinski definition) is 3. The third kappa shape index (κ3) is 3.83. The van der Waals surface area contributed by atoms with Crippen LogP contribution in [0.25, 0.3) is 0 Å². The maximum atomic E-state index is 5.95. The number of nitrogens with two attached hydrogens (primary N) is 1. The van der Waals surface area contributed by atoms with Crippen molar-refractivity contribution < 1.29 is 0 Å². The Morgan fingerprint density at radius 3 is 2.57 bits per heavy atom. The van der Waals surface area contributed by atoms with Crippen molar-refractivity contribution in [2.45, 2.75) is 45.1 Å². The number of hydrogen-bond donors (Lipinski definition) is 1. The first-order valence-electron chi connectivity index (χ1n) is 5.37. The first kappa shape index (κ1) is 11.1. The largest absolute Gasteiger partial charge is 0.321 e. The van der Waals surface area contributed by atoms with Crippen molar-refractivity contribution in [1.82, 2.24) is 9.97 Å². The molecular weight excluding hydrogens is 174 g/mol. The molecule has 1 aromatic rings. The van der Waals surface area contributed by atoms with E-state index in [9.17, 15) is 0 Å². The fourth-order valence-corrected chi connectivity index (χ4v) is 1.42. The van der Waals surface area contributed by atoms with E-state index in [0.29, 0.717) is 0 Å². The summed E-state index contributed by atoms with van der Waals surface area (Å²) in [5.74, 6) is 0.768. The molecule has 14 heavy (non-hydrogen) atoms. The van der Waals surface area contributed by atoms with Crippen LogP contribution in [-0.4, -0.2) is 9.97 Å². The van der Waals surface area contributed by atoms with Crippen molar-refractivity contribution in [1.29, 1.82) is 0 Å². The molecule has 0 fully saturated rings. The Balaban J connectivity index is 2.25. The summed E-state index contributed by atoms with van der Waals surface area (Å²) < 4.78 is 0. The average molecular weight is 193 g/mol. The summed E-state index contributed by atoms with van der Waals surface area (Å²) in [7, 11) is 0. The zero-order valence-electron chi connectivity index (χ0n) is 8.82. The molecule has 1 heterocycles. The van der Waals surface area contributed by atoms with Gasteiger partial charge < -0.3 is 5.73 Å². The Morgan fingerprint density at radius 1 is 1.21 bits per heavy atom. The van der Waals surface area contributed by atoms with Crippen molar-refractivity contribution in [3.8, 4) is 0 Å². The van der Waals surface area contributed by atoms with E-state index in [1.54, 1.807) is 12.4 Å². The monoisotopic (exact) mass is 193 g/mol. The lowest BCUT2D eigenvalue weighted by Gasteiger charge is -2.08. The number of nitrogens with zero attached hydrogens (tertiary/aromatic N) is 2. The van der Waals surface area contributed by atoms with E-state index < -0.39 is 0 Å². The topological polar surface area (TPSA) is 51.8 Å². The van der Waals surface area contributed by atoms with Gasteiger partial charge in [-0.05, 0) is 12.5 Å². The molecule has 0 amide bonds. The Hall–Kier alpha value is -0.960. The lowest BCUT2D eigenvalue weighted by atomic mass is 10.1. The lowest BCUT2D eigenvalue weighted by Crippen LogP contribution is -2.13. The van der Waals surface area contributed by atoms with Gasteiger partial charge in [-0.2, -0.15) is 0 Å². The molecule has 0 aliphatic rings. The second-order valence-corrected chi connectivity index (χ2v) is 3.56. The minimum atomic E-state index is 0.00746. The minimum Gasteiger partial charge on any atom is -0.321 e. The molecule has 0 saturated carbocycles. The third-order valence-corrected chi connectivity index (χ3v) is 2.29. The normalized spacial score (nSPS) is 12.7. The minimum absolute atomic E-state index is 0.00746. The third-order valence-electron chi connectivity index (χ3n) is 2.29. The van der Waals surface area contributed by atoms with E-state index in [1.165, 1.54) is 25.7 Å². The highest BCUT2D eigenvalue weighted by Gasteiger charge is 2.06. The van der Waals surface area contributed by atoms with Crippen LogP contribution < -0.4 is 5.73 Å². The van der Waals surface area contributed by atoms with Gasteiger partial charge in [0.2, 0.25) is 0 Å². The lowest BCUT2D eigenvalue weighted by molar-refractivity contribution is 0.546. The molecule has 0 aliphatic carbocycles. The van der Waals surface area contributed by atoms with Crippen molar-refractivity contribution in [3.63, 3.8) is 0 Å².